The summed E-state index contributed by atoms with van der Waals surface area (Å²) in [5.41, 5.74) is 4.49. The molecule has 0 aromatic heterocycles. The molecule has 0 bridgehead atoms. The molecule has 1 amide bonds. The van der Waals surface area contributed by atoms with Gasteiger partial charge in [-0.1, -0.05) is 42.5 Å². The average Bonchev–Trinajstić information content (AvgIpc) is 3.24. The van der Waals surface area contributed by atoms with Crippen LogP contribution in [0.4, 0.5) is 5.69 Å². The number of benzene rings is 2. The van der Waals surface area contributed by atoms with E-state index in [4.69, 9.17) is 0 Å². The molecule has 1 aliphatic rings. The number of hydrogen-bond donors (Lipinski definition) is 1. The van der Waals surface area contributed by atoms with Gasteiger partial charge in [-0.15, -0.1) is 0 Å². The lowest BCUT2D eigenvalue weighted by molar-refractivity contribution is -0.117. The SMILES string of the molecule is Cc1ccc(C)c(NC(=O)[C@@H]2C[C@H]2c2ccccc2)c1. The van der Waals surface area contributed by atoms with Crippen LogP contribution in [0.15, 0.2) is 48.5 Å². The maximum Gasteiger partial charge on any atom is 0.228 e. The monoisotopic (exact) mass is 265 g/mol. The Bertz CT molecular complexity index is 633. The summed E-state index contributed by atoms with van der Waals surface area (Å²) in [6, 6.07) is 16.4. The van der Waals surface area contributed by atoms with Crippen molar-refractivity contribution >= 4 is 11.6 Å². The Hall–Kier alpha value is -2.09. The fourth-order valence-corrected chi connectivity index (χ4v) is 2.65. The van der Waals surface area contributed by atoms with Crippen LogP contribution in [0.1, 0.15) is 29.0 Å². The zero-order chi connectivity index (χ0) is 14.1. The maximum absolute atomic E-state index is 12.3. The van der Waals surface area contributed by atoms with Gasteiger partial charge in [-0.05, 0) is 48.9 Å². The highest BCUT2D eigenvalue weighted by Gasteiger charge is 2.43. The number of aryl methyl sites for hydroxylation is 2. The molecule has 0 saturated heterocycles. The minimum atomic E-state index is 0.123. The Morgan fingerprint density at radius 2 is 1.85 bits per heavy atom. The summed E-state index contributed by atoms with van der Waals surface area (Å²) < 4.78 is 0. The predicted molar refractivity (Wildman–Crippen MR) is 81.8 cm³/mol. The molecule has 1 saturated carbocycles. The van der Waals surface area contributed by atoms with Gasteiger partial charge in [0.15, 0.2) is 0 Å². The minimum Gasteiger partial charge on any atom is -0.326 e. The van der Waals surface area contributed by atoms with Crippen LogP contribution >= 0.6 is 0 Å². The van der Waals surface area contributed by atoms with Crippen molar-refractivity contribution in [3.63, 3.8) is 0 Å². The lowest BCUT2D eigenvalue weighted by atomic mass is 10.1. The summed E-state index contributed by atoms with van der Waals surface area (Å²) >= 11 is 0. The van der Waals surface area contributed by atoms with Gasteiger partial charge in [0.05, 0.1) is 0 Å². The van der Waals surface area contributed by atoms with Gasteiger partial charge in [0, 0.05) is 11.6 Å². The molecule has 0 radical (unpaired) electrons. The standard InChI is InChI=1S/C18H19NO/c1-12-8-9-13(2)17(10-12)19-18(20)16-11-15(16)14-6-4-3-5-7-14/h3-10,15-16H,11H2,1-2H3,(H,19,20)/t15-,16+/m0/s1. The Balaban J connectivity index is 1.68. The second-order valence-corrected chi connectivity index (χ2v) is 5.67. The van der Waals surface area contributed by atoms with Gasteiger partial charge < -0.3 is 5.32 Å². The quantitative estimate of drug-likeness (QED) is 0.891. The lowest BCUT2D eigenvalue weighted by Crippen LogP contribution is -2.15. The molecular formula is C18H19NO. The second-order valence-electron chi connectivity index (χ2n) is 5.67. The third-order valence-corrected chi connectivity index (χ3v) is 4.01. The van der Waals surface area contributed by atoms with Gasteiger partial charge in [-0.3, -0.25) is 4.79 Å². The molecule has 0 unspecified atom stereocenters. The number of amides is 1. The van der Waals surface area contributed by atoms with Crippen LogP contribution in [0, 0.1) is 19.8 Å². The fourth-order valence-electron chi connectivity index (χ4n) is 2.65. The minimum absolute atomic E-state index is 0.123. The summed E-state index contributed by atoms with van der Waals surface area (Å²) in [4.78, 5) is 12.3. The number of carbonyl (C=O) groups excluding carboxylic acids is 1. The number of carbonyl (C=O) groups is 1. The van der Waals surface area contributed by atoms with Crippen LogP contribution in [-0.2, 0) is 4.79 Å². The van der Waals surface area contributed by atoms with Crippen LogP contribution < -0.4 is 5.32 Å². The molecule has 102 valence electrons. The van der Waals surface area contributed by atoms with Crippen molar-refractivity contribution in [2.24, 2.45) is 5.92 Å². The molecule has 0 spiro atoms. The third kappa shape index (κ3) is 2.60. The van der Waals surface area contributed by atoms with E-state index >= 15 is 0 Å². The van der Waals surface area contributed by atoms with E-state index in [1.807, 2.05) is 44.2 Å². The Labute approximate surface area is 119 Å². The first-order chi connectivity index (χ1) is 9.65. The maximum atomic E-state index is 12.3. The van der Waals surface area contributed by atoms with E-state index in [-0.39, 0.29) is 11.8 Å². The highest BCUT2D eigenvalue weighted by atomic mass is 16.2. The normalized spacial score (nSPS) is 20.5. The first kappa shape index (κ1) is 12.9. The van der Waals surface area contributed by atoms with Gasteiger partial charge in [0.2, 0.25) is 5.91 Å². The topological polar surface area (TPSA) is 29.1 Å². The van der Waals surface area contributed by atoms with Gasteiger partial charge >= 0.3 is 0 Å². The van der Waals surface area contributed by atoms with Crippen LogP contribution in [0.25, 0.3) is 0 Å². The van der Waals surface area contributed by atoms with Gasteiger partial charge in [0.1, 0.15) is 0 Å². The molecule has 3 rings (SSSR count). The zero-order valence-corrected chi connectivity index (χ0v) is 11.9. The van der Waals surface area contributed by atoms with Gasteiger partial charge in [-0.25, -0.2) is 0 Å². The van der Waals surface area contributed by atoms with Crippen LogP contribution in [-0.4, -0.2) is 5.91 Å². The molecule has 2 nitrogen and oxygen atoms in total. The number of nitrogens with one attached hydrogen (secondary N) is 1. The van der Waals surface area contributed by atoms with Gasteiger partial charge in [0.25, 0.3) is 0 Å². The van der Waals surface area contributed by atoms with E-state index < -0.39 is 0 Å². The number of hydrogen-bond acceptors (Lipinski definition) is 1. The van der Waals surface area contributed by atoms with Crippen molar-refractivity contribution in [1.29, 1.82) is 0 Å². The Morgan fingerprint density at radius 1 is 1.10 bits per heavy atom. The first-order valence-corrected chi connectivity index (χ1v) is 7.08. The average molecular weight is 265 g/mol. The number of anilines is 1. The summed E-state index contributed by atoms with van der Waals surface area (Å²) in [5, 5.41) is 3.07. The molecule has 1 aliphatic carbocycles. The summed E-state index contributed by atoms with van der Waals surface area (Å²) in [6.45, 7) is 4.07. The smallest absolute Gasteiger partial charge is 0.228 e. The highest BCUT2D eigenvalue weighted by Crippen LogP contribution is 2.47. The molecule has 2 aromatic carbocycles. The molecular weight excluding hydrogens is 246 g/mol. The van der Waals surface area contributed by atoms with E-state index in [1.165, 1.54) is 11.1 Å². The van der Waals surface area contributed by atoms with Crippen molar-refractivity contribution < 1.29 is 4.79 Å². The molecule has 0 heterocycles. The van der Waals surface area contributed by atoms with Crippen molar-refractivity contribution in [1.82, 2.24) is 0 Å². The lowest BCUT2D eigenvalue weighted by Gasteiger charge is -2.09. The number of rotatable bonds is 3. The molecule has 20 heavy (non-hydrogen) atoms. The second kappa shape index (κ2) is 5.12. The Morgan fingerprint density at radius 3 is 2.60 bits per heavy atom. The molecule has 2 atom stereocenters. The summed E-state index contributed by atoms with van der Waals surface area (Å²) in [7, 11) is 0. The van der Waals surface area contributed by atoms with Crippen molar-refractivity contribution in [2.75, 3.05) is 5.32 Å². The van der Waals surface area contributed by atoms with Crippen LogP contribution in [0.5, 0.6) is 0 Å². The Kier molecular flexibility index (Phi) is 3.31. The largest absolute Gasteiger partial charge is 0.326 e. The molecule has 1 N–H and O–H groups in total. The van der Waals surface area contributed by atoms with Crippen molar-refractivity contribution in [3.05, 3.63) is 65.2 Å². The van der Waals surface area contributed by atoms with E-state index in [2.05, 4.69) is 23.5 Å². The molecule has 1 fully saturated rings. The van der Waals surface area contributed by atoms with Crippen molar-refractivity contribution in [3.8, 4) is 0 Å². The molecule has 2 heteroatoms. The first-order valence-electron chi connectivity index (χ1n) is 7.08. The van der Waals surface area contributed by atoms with Crippen molar-refractivity contribution in [2.45, 2.75) is 26.2 Å². The van der Waals surface area contributed by atoms with E-state index in [9.17, 15) is 4.79 Å². The summed E-state index contributed by atoms with van der Waals surface area (Å²) in [5.74, 6) is 0.659. The van der Waals surface area contributed by atoms with E-state index in [0.29, 0.717) is 5.92 Å². The van der Waals surface area contributed by atoms with Crippen LogP contribution in [0.2, 0.25) is 0 Å². The predicted octanol–water partition coefficient (Wildman–Crippen LogP) is 4.05. The van der Waals surface area contributed by atoms with Gasteiger partial charge in [-0.2, -0.15) is 0 Å². The molecule has 2 aromatic rings. The molecule has 0 aliphatic heterocycles. The highest BCUT2D eigenvalue weighted by molar-refractivity contribution is 5.95. The van der Waals surface area contributed by atoms with E-state index in [0.717, 1.165) is 17.7 Å². The zero-order valence-electron chi connectivity index (χ0n) is 11.9. The summed E-state index contributed by atoms with van der Waals surface area (Å²) in [6.07, 6.45) is 0.959. The van der Waals surface area contributed by atoms with E-state index in [1.54, 1.807) is 0 Å². The third-order valence-electron chi connectivity index (χ3n) is 4.01. The van der Waals surface area contributed by atoms with Crippen LogP contribution in [0.3, 0.4) is 0 Å². The fraction of sp³-hybridized carbons (Fsp3) is 0.278.